The SMILES string of the molecule is COC(=O)c1ccc(CS(=O)(=O)NCCOc2ccc(C(C)(C)C)cc2)cc1. The molecule has 0 amide bonds. The summed E-state index contributed by atoms with van der Waals surface area (Å²) in [5.41, 5.74) is 2.24. The van der Waals surface area contributed by atoms with Crippen LogP contribution in [-0.2, 0) is 25.9 Å². The number of esters is 1. The Balaban J connectivity index is 1.81. The number of methoxy groups -OCH3 is 1. The topological polar surface area (TPSA) is 81.7 Å². The number of benzene rings is 2. The monoisotopic (exact) mass is 405 g/mol. The van der Waals surface area contributed by atoms with Crippen molar-refractivity contribution in [1.82, 2.24) is 4.72 Å². The van der Waals surface area contributed by atoms with Crippen molar-refractivity contribution in [2.75, 3.05) is 20.3 Å². The number of nitrogens with one attached hydrogen (secondary N) is 1. The zero-order valence-electron chi connectivity index (χ0n) is 16.7. The standard InChI is InChI=1S/C21H27NO5S/c1-21(2,3)18-9-11-19(12-10-18)27-14-13-22-28(24,25)15-16-5-7-17(8-6-16)20(23)26-4/h5-12,22H,13-15H2,1-4H3. The highest BCUT2D eigenvalue weighted by atomic mass is 32.2. The second-order valence-corrected chi connectivity index (χ2v) is 9.27. The molecule has 7 heteroatoms. The van der Waals surface area contributed by atoms with Crippen LogP contribution in [0.15, 0.2) is 48.5 Å². The summed E-state index contributed by atoms with van der Waals surface area (Å²) in [7, 11) is -2.20. The molecule has 0 aromatic heterocycles. The van der Waals surface area contributed by atoms with Crippen LogP contribution in [0.2, 0.25) is 0 Å². The lowest BCUT2D eigenvalue weighted by Gasteiger charge is -2.19. The van der Waals surface area contributed by atoms with Crippen molar-refractivity contribution in [3.05, 3.63) is 65.2 Å². The second kappa shape index (κ2) is 9.21. The molecule has 0 aliphatic carbocycles. The average Bonchev–Trinajstić information content (AvgIpc) is 2.64. The zero-order chi connectivity index (χ0) is 20.8. The van der Waals surface area contributed by atoms with E-state index in [1.807, 2.05) is 24.3 Å². The van der Waals surface area contributed by atoms with Crippen LogP contribution in [0, 0.1) is 0 Å². The predicted octanol–water partition coefficient (Wildman–Crippen LogP) is 3.27. The van der Waals surface area contributed by atoms with Crippen molar-refractivity contribution in [2.24, 2.45) is 0 Å². The molecule has 2 rings (SSSR count). The zero-order valence-corrected chi connectivity index (χ0v) is 17.5. The average molecular weight is 406 g/mol. The molecule has 28 heavy (non-hydrogen) atoms. The second-order valence-electron chi connectivity index (χ2n) is 7.46. The van der Waals surface area contributed by atoms with Gasteiger partial charge in [0.15, 0.2) is 0 Å². The number of hydrogen-bond acceptors (Lipinski definition) is 5. The maximum absolute atomic E-state index is 12.2. The molecule has 2 aromatic rings. The van der Waals surface area contributed by atoms with Gasteiger partial charge in [0.2, 0.25) is 10.0 Å². The molecule has 0 fully saturated rings. The number of carbonyl (C=O) groups is 1. The number of sulfonamides is 1. The first-order valence-electron chi connectivity index (χ1n) is 8.99. The first-order chi connectivity index (χ1) is 13.1. The summed E-state index contributed by atoms with van der Waals surface area (Å²) in [6, 6.07) is 14.1. The molecule has 0 radical (unpaired) electrons. The summed E-state index contributed by atoms with van der Waals surface area (Å²) < 4.78 is 37.1. The van der Waals surface area contributed by atoms with E-state index in [1.54, 1.807) is 24.3 Å². The van der Waals surface area contributed by atoms with Gasteiger partial charge in [0.05, 0.1) is 18.4 Å². The molecule has 0 aliphatic rings. The van der Waals surface area contributed by atoms with Gasteiger partial charge in [0.1, 0.15) is 12.4 Å². The van der Waals surface area contributed by atoms with Gasteiger partial charge in [-0.15, -0.1) is 0 Å². The molecule has 1 N–H and O–H groups in total. The van der Waals surface area contributed by atoms with E-state index >= 15 is 0 Å². The van der Waals surface area contributed by atoms with Crippen LogP contribution in [0.3, 0.4) is 0 Å². The molecular formula is C21H27NO5S. The van der Waals surface area contributed by atoms with Crippen molar-refractivity contribution in [3.8, 4) is 5.75 Å². The van der Waals surface area contributed by atoms with Gasteiger partial charge < -0.3 is 9.47 Å². The van der Waals surface area contributed by atoms with Crippen molar-refractivity contribution in [2.45, 2.75) is 31.9 Å². The third kappa shape index (κ3) is 6.65. The first-order valence-corrected chi connectivity index (χ1v) is 10.6. The van der Waals surface area contributed by atoms with Crippen molar-refractivity contribution in [1.29, 1.82) is 0 Å². The van der Waals surface area contributed by atoms with Crippen LogP contribution >= 0.6 is 0 Å². The van der Waals surface area contributed by atoms with E-state index in [1.165, 1.54) is 12.7 Å². The highest BCUT2D eigenvalue weighted by Crippen LogP contribution is 2.24. The molecule has 0 saturated carbocycles. The van der Waals surface area contributed by atoms with Gasteiger partial charge in [-0.3, -0.25) is 0 Å². The first kappa shape index (κ1) is 21.9. The molecule has 0 spiro atoms. The Kier molecular flexibility index (Phi) is 7.21. The Morgan fingerprint density at radius 3 is 2.14 bits per heavy atom. The Morgan fingerprint density at radius 2 is 1.61 bits per heavy atom. The van der Waals surface area contributed by atoms with E-state index in [0.29, 0.717) is 16.9 Å². The van der Waals surface area contributed by atoms with Crippen molar-refractivity contribution < 1.29 is 22.7 Å². The molecular weight excluding hydrogens is 378 g/mol. The van der Waals surface area contributed by atoms with Crippen LogP contribution in [0.25, 0.3) is 0 Å². The number of hydrogen-bond donors (Lipinski definition) is 1. The van der Waals surface area contributed by atoms with Gasteiger partial charge >= 0.3 is 5.97 Å². The van der Waals surface area contributed by atoms with Gasteiger partial charge in [-0.1, -0.05) is 45.0 Å². The molecule has 152 valence electrons. The Bertz CT molecular complexity index is 882. The lowest BCUT2D eigenvalue weighted by Crippen LogP contribution is -2.29. The Hall–Kier alpha value is -2.38. The minimum Gasteiger partial charge on any atom is -0.492 e. The van der Waals surface area contributed by atoms with E-state index in [0.717, 1.165) is 0 Å². The number of carbonyl (C=O) groups excluding carboxylic acids is 1. The minimum absolute atomic E-state index is 0.0726. The predicted molar refractivity (Wildman–Crippen MR) is 109 cm³/mol. The highest BCUT2D eigenvalue weighted by Gasteiger charge is 2.14. The van der Waals surface area contributed by atoms with Gasteiger partial charge in [0, 0.05) is 6.54 Å². The number of ether oxygens (including phenoxy) is 2. The molecule has 0 bridgehead atoms. The van der Waals surface area contributed by atoms with Crippen molar-refractivity contribution in [3.63, 3.8) is 0 Å². The van der Waals surface area contributed by atoms with E-state index in [4.69, 9.17) is 4.74 Å². The van der Waals surface area contributed by atoms with E-state index in [9.17, 15) is 13.2 Å². The maximum atomic E-state index is 12.2. The van der Waals surface area contributed by atoms with Crippen LogP contribution < -0.4 is 9.46 Å². The quantitative estimate of drug-likeness (QED) is 0.538. The summed E-state index contributed by atoms with van der Waals surface area (Å²) in [5.74, 6) is 0.0696. The van der Waals surface area contributed by atoms with Gasteiger partial charge in [-0.05, 0) is 40.8 Å². The van der Waals surface area contributed by atoms with E-state index in [2.05, 4.69) is 30.2 Å². The third-order valence-corrected chi connectivity index (χ3v) is 5.50. The fourth-order valence-electron chi connectivity index (χ4n) is 2.54. The molecule has 2 aromatic carbocycles. The minimum atomic E-state index is -3.50. The van der Waals surface area contributed by atoms with E-state index < -0.39 is 16.0 Å². The molecule has 0 saturated heterocycles. The number of rotatable bonds is 8. The molecule has 6 nitrogen and oxygen atoms in total. The van der Waals surface area contributed by atoms with Crippen LogP contribution in [0.1, 0.15) is 42.3 Å². The third-order valence-electron chi connectivity index (χ3n) is 4.14. The fourth-order valence-corrected chi connectivity index (χ4v) is 3.67. The Morgan fingerprint density at radius 1 is 1.00 bits per heavy atom. The summed E-state index contributed by atoms with van der Waals surface area (Å²) in [5, 5.41) is 0. The van der Waals surface area contributed by atoms with E-state index in [-0.39, 0.29) is 24.3 Å². The summed E-state index contributed by atoms with van der Waals surface area (Å²) >= 11 is 0. The lowest BCUT2D eigenvalue weighted by atomic mass is 9.87. The largest absolute Gasteiger partial charge is 0.492 e. The van der Waals surface area contributed by atoms with Crippen LogP contribution in [-0.4, -0.2) is 34.6 Å². The maximum Gasteiger partial charge on any atom is 0.337 e. The Labute approximate surface area is 166 Å². The summed E-state index contributed by atoms with van der Waals surface area (Å²) in [4.78, 5) is 11.4. The van der Waals surface area contributed by atoms with Crippen LogP contribution in [0.4, 0.5) is 0 Å². The highest BCUT2D eigenvalue weighted by molar-refractivity contribution is 7.88. The fraction of sp³-hybridized carbons (Fsp3) is 0.381. The lowest BCUT2D eigenvalue weighted by molar-refractivity contribution is 0.0600. The van der Waals surface area contributed by atoms with Crippen LogP contribution in [0.5, 0.6) is 5.75 Å². The van der Waals surface area contributed by atoms with Gasteiger partial charge in [-0.2, -0.15) is 0 Å². The molecule has 0 heterocycles. The van der Waals surface area contributed by atoms with Gasteiger partial charge in [0.25, 0.3) is 0 Å². The normalized spacial score (nSPS) is 11.9. The summed E-state index contributed by atoms with van der Waals surface area (Å²) in [6.07, 6.45) is 0. The summed E-state index contributed by atoms with van der Waals surface area (Å²) in [6.45, 7) is 6.82. The molecule has 0 aliphatic heterocycles. The van der Waals surface area contributed by atoms with Gasteiger partial charge in [-0.25, -0.2) is 17.9 Å². The molecule has 0 atom stereocenters. The molecule has 0 unspecified atom stereocenters. The smallest absolute Gasteiger partial charge is 0.337 e. The van der Waals surface area contributed by atoms with Crippen molar-refractivity contribution >= 4 is 16.0 Å².